The van der Waals surface area contributed by atoms with Crippen LogP contribution >= 0.6 is 11.3 Å². The Morgan fingerprint density at radius 3 is 2.42 bits per heavy atom. The van der Waals surface area contributed by atoms with E-state index in [1.807, 2.05) is 17.5 Å². The molecule has 3 heterocycles. The summed E-state index contributed by atoms with van der Waals surface area (Å²) in [7, 11) is 0. The lowest BCUT2D eigenvalue weighted by Gasteiger charge is -2.36. The molecule has 4 rings (SSSR count). The number of rotatable bonds is 3. The van der Waals surface area contributed by atoms with E-state index in [1.54, 1.807) is 29.8 Å². The summed E-state index contributed by atoms with van der Waals surface area (Å²) >= 11 is 1.62. The normalized spacial score (nSPS) is 15.0. The molecule has 0 atom stereocenters. The summed E-state index contributed by atoms with van der Waals surface area (Å²) < 4.78 is 0. The summed E-state index contributed by atoms with van der Waals surface area (Å²) in [5.74, 6) is 0.990. The van der Waals surface area contributed by atoms with Crippen LogP contribution in [-0.4, -0.2) is 41.1 Å². The fourth-order valence-corrected chi connectivity index (χ4v) is 3.72. The van der Waals surface area contributed by atoms with Gasteiger partial charge in [0, 0.05) is 44.0 Å². The Morgan fingerprint density at radius 2 is 1.71 bits per heavy atom. The minimum Gasteiger partial charge on any atom is -0.368 e. The minimum absolute atomic E-state index is 0.123. The van der Waals surface area contributed by atoms with Gasteiger partial charge in [-0.1, -0.05) is 0 Å². The van der Waals surface area contributed by atoms with Crippen molar-refractivity contribution in [2.45, 2.75) is 0 Å². The molecule has 0 saturated carbocycles. The van der Waals surface area contributed by atoms with Gasteiger partial charge in [-0.05, 0) is 23.6 Å². The van der Waals surface area contributed by atoms with Crippen LogP contribution in [0.25, 0.3) is 10.2 Å². The maximum absolute atomic E-state index is 10.7. The van der Waals surface area contributed by atoms with Crippen LogP contribution in [0, 0.1) is 10.1 Å². The number of benzene rings is 1. The number of fused-ring (bicyclic) bond motifs is 1. The summed E-state index contributed by atoms with van der Waals surface area (Å²) in [6, 6.07) is 8.81. The van der Waals surface area contributed by atoms with Crippen LogP contribution in [0.5, 0.6) is 0 Å². The third kappa shape index (κ3) is 2.65. The number of thiophene rings is 1. The summed E-state index contributed by atoms with van der Waals surface area (Å²) in [4.78, 5) is 24.7. The van der Waals surface area contributed by atoms with Crippen LogP contribution in [0.2, 0.25) is 0 Å². The lowest BCUT2D eigenvalue weighted by Crippen LogP contribution is -2.46. The third-order valence-electron chi connectivity index (χ3n) is 4.25. The van der Waals surface area contributed by atoms with E-state index in [2.05, 4.69) is 25.8 Å². The molecule has 8 heteroatoms. The number of non-ortho nitro benzene ring substituents is 1. The number of aromatic nitrogens is 2. The molecule has 24 heavy (non-hydrogen) atoms. The van der Waals surface area contributed by atoms with Crippen molar-refractivity contribution in [3.8, 4) is 0 Å². The average molecular weight is 341 g/mol. The molecule has 2 aromatic heterocycles. The van der Waals surface area contributed by atoms with Crippen molar-refractivity contribution >= 4 is 38.7 Å². The number of piperazine rings is 1. The Labute approximate surface area is 142 Å². The molecular formula is C16H15N5O2S. The molecular weight excluding hydrogens is 326 g/mol. The van der Waals surface area contributed by atoms with E-state index in [4.69, 9.17) is 0 Å². The molecule has 122 valence electrons. The molecule has 1 aromatic carbocycles. The first kappa shape index (κ1) is 14.8. The van der Waals surface area contributed by atoms with Crippen LogP contribution in [0.1, 0.15) is 0 Å². The van der Waals surface area contributed by atoms with E-state index < -0.39 is 0 Å². The second-order valence-electron chi connectivity index (χ2n) is 5.58. The van der Waals surface area contributed by atoms with Gasteiger partial charge in [0.1, 0.15) is 17.0 Å². The number of hydrogen-bond acceptors (Lipinski definition) is 7. The highest BCUT2D eigenvalue weighted by Gasteiger charge is 2.20. The van der Waals surface area contributed by atoms with Crippen LogP contribution < -0.4 is 9.80 Å². The zero-order valence-corrected chi connectivity index (χ0v) is 13.6. The van der Waals surface area contributed by atoms with Crippen molar-refractivity contribution in [3.05, 3.63) is 52.2 Å². The fourth-order valence-electron chi connectivity index (χ4n) is 2.99. The molecule has 1 aliphatic heterocycles. The van der Waals surface area contributed by atoms with Gasteiger partial charge in [0.25, 0.3) is 5.69 Å². The topological polar surface area (TPSA) is 75.4 Å². The van der Waals surface area contributed by atoms with E-state index in [9.17, 15) is 10.1 Å². The summed E-state index contributed by atoms with van der Waals surface area (Å²) in [5.41, 5.74) is 1.14. The lowest BCUT2D eigenvalue weighted by atomic mass is 10.2. The van der Waals surface area contributed by atoms with Gasteiger partial charge < -0.3 is 9.80 Å². The number of anilines is 2. The van der Waals surface area contributed by atoms with Crippen molar-refractivity contribution in [2.75, 3.05) is 36.0 Å². The highest BCUT2D eigenvalue weighted by molar-refractivity contribution is 7.16. The first-order chi connectivity index (χ1) is 11.7. The number of nitrogens with zero attached hydrogens (tertiary/aromatic N) is 5. The summed E-state index contributed by atoms with van der Waals surface area (Å²) in [6.45, 7) is 3.43. The van der Waals surface area contributed by atoms with Crippen molar-refractivity contribution in [1.82, 2.24) is 9.97 Å². The minimum atomic E-state index is -0.372. The fraction of sp³-hybridized carbons (Fsp3) is 0.250. The van der Waals surface area contributed by atoms with E-state index in [0.29, 0.717) is 0 Å². The Bertz CT molecular complexity index is 872. The molecule has 0 amide bonds. The van der Waals surface area contributed by atoms with Crippen molar-refractivity contribution in [2.24, 2.45) is 0 Å². The molecule has 7 nitrogen and oxygen atoms in total. The van der Waals surface area contributed by atoms with Crippen molar-refractivity contribution in [3.63, 3.8) is 0 Å². The smallest absolute Gasteiger partial charge is 0.269 e. The standard InChI is InChI=1S/C16H15N5O2S/c22-21(23)13-3-1-12(2-4-13)19-6-8-20(9-7-19)15-14-5-10-24-16(14)18-11-17-15/h1-5,10-11H,6-9H2. The zero-order valence-electron chi connectivity index (χ0n) is 12.8. The predicted octanol–water partition coefficient (Wildman–Crippen LogP) is 2.93. The molecule has 0 bridgehead atoms. The van der Waals surface area contributed by atoms with Crippen LogP contribution in [-0.2, 0) is 0 Å². The predicted molar refractivity (Wildman–Crippen MR) is 94.9 cm³/mol. The Balaban J connectivity index is 1.48. The van der Waals surface area contributed by atoms with Crippen LogP contribution in [0.3, 0.4) is 0 Å². The van der Waals surface area contributed by atoms with Crippen LogP contribution in [0.15, 0.2) is 42.0 Å². The van der Waals surface area contributed by atoms with E-state index in [0.717, 1.165) is 47.9 Å². The number of hydrogen-bond donors (Lipinski definition) is 0. The molecule has 1 fully saturated rings. The van der Waals surface area contributed by atoms with E-state index in [-0.39, 0.29) is 10.6 Å². The van der Waals surface area contributed by atoms with Crippen molar-refractivity contribution < 1.29 is 4.92 Å². The molecule has 3 aromatic rings. The van der Waals surface area contributed by atoms with Gasteiger partial charge >= 0.3 is 0 Å². The summed E-state index contributed by atoms with van der Waals surface area (Å²) in [6.07, 6.45) is 1.62. The SMILES string of the molecule is O=[N+]([O-])c1ccc(N2CCN(c3ncnc4sccc34)CC2)cc1. The average Bonchev–Trinajstić information content (AvgIpc) is 3.11. The molecule has 0 unspecified atom stereocenters. The van der Waals surface area contributed by atoms with Gasteiger partial charge in [-0.15, -0.1) is 11.3 Å². The van der Waals surface area contributed by atoms with Gasteiger partial charge in [-0.2, -0.15) is 0 Å². The highest BCUT2D eigenvalue weighted by Crippen LogP contribution is 2.28. The second kappa shape index (κ2) is 6.04. The number of nitro benzene ring substituents is 1. The molecule has 1 saturated heterocycles. The molecule has 0 spiro atoms. The largest absolute Gasteiger partial charge is 0.368 e. The molecule has 0 N–H and O–H groups in total. The zero-order chi connectivity index (χ0) is 16.5. The van der Waals surface area contributed by atoms with Gasteiger partial charge in [-0.25, -0.2) is 9.97 Å². The summed E-state index contributed by atoms with van der Waals surface area (Å²) in [5, 5.41) is 13.9. The maximum Gasteiger partial charge on any atom is 0.269 e. The first-order valence-electron chi connectivity index (χ1n) is 7.65. The lowest BCUT2D eigenvalue weighted by molar-refractivity contribution is -0.384. The third-order valence-corrected chi connectivity index (χ3v) is 5.07. The Hall–Kier alpha value is -2.74. The van der Waals surface area contributed by atoms with Gasteiger partial charge in [0.2, 0.25) is 0 Å². The highest BCUT2D eigenvalue weighted by atomic mass is 32.1. The van der Waals surface area contributed by atoms with Gasteiger partial charge in [-0.3, -0.25) is 10.1 Å². The molecule has 1 aliphatic rings. The maximum atomic E-state index is 10.7. The first-order valence-corrected chi connectivity index (χ1v) is 8.53. The van der Waals surface area contributed by atoms with E-state index in [1.165, 1.54) is 0 Å². The number of nitro groups is 1. The Kier molecular flexibility index (Phi) is 3.73. The van der Waals surface area contributed by atoms with Gasteiger partial charge in [0.15, 0.2) is 0 Å². The molecule has 0 radical (unpaired) electrons. The monoisotopic (exact) mass is 341 g/mol. The van der Waals surface area contributed by atoms with Crippen molar-refractivity contribution in [1.29, 1.82) is 0 Å². The van der Waals surface area contributed by atoms with E-state index >= 15 is 0 Å². The second-order valence-corrected chi connectivity index (χ2v) is 6.48. The Morgan fingerprint density at radius 1 is 1.00 bits per heavy atom. The quantitative estimate of drug-likeness (QED) is 0.538. The van der Waals surface area contributed by atoms with Crippen LogP contribution in [0.4, 0.5) is 17.2 Å². The molecule has 0 aliphatic carbocycles. The van der Waals surface area contributed by atoms with Gasteiger partial charge in [0.05, 0.1) is 10.3 Å².